The summed E-state index contributed by atoms with van der Waals surface area (Å²) in [5, 5.41) is 11.4. The van der Waals surface area contributed by atoms with Crippen LogP contribution in [0.15, 0.2) is 65.4 Å². The van der Waals surface area contributed by atoms with Crippen molar-refractivity contribution in [2.24, 2.45) is 0 Å². The van der Waals surface area contributed by atoms with Crippen molar-refractivity contribution in [3.05, 3.63) is 72.2 Å². The second-order valence-electron chi connectivity index (χ2n) is 6.55. The van der Waals surface area contributed by atoms with Crippen LogP contribution in [-0.2, 0) is 0 Å². The number of nitrogens with zero attached hydrogens (tertiary/aromatic N) is 3. The van der Waals surface area contributed by atoms with Crippen LogP contribution in [0.25, 0.3) is 22.4 Å². The summed E-state index contributed by atoms with van der Waals surface area (Å²) in [7, 11) is 0. The van der Waals surface area contributed by atoms with Gasteiger partial charge in [-0.05, 0) is 36.2 Å². The maximum absolute atomic E-state index is 13.0. The average molecular weight is 358 g/mol. The minimum atomic E-state index is -0.182. The van der Waals surface area contributed by atoms with E-state index in [1.165, 1.54) is 6.39 Å². The van der Waals surface area contributed by atoms with Gasteiger partial charge in [-0.2, -0.15) is 0 Å². The molecule has 0 unspecified atom stereocenters. The van der Waals surface area contributed by atoms with E-state index in [1.54, 1.807) is 6.07 Å². The van der Waals surface area contributed by atoms with Gasteiger partial charge in [0.15, 0.2) is 0 Å². The van der Waals surface area contributed by atoms with Crippen LogP contribution >= 0.6 is 0 Å². The SMILES string of the molecule is CC(C)c1cc(C(=O)Nc2cccc(-c3nnco3)c2)c2ccccc2n1. The number of nitrogens with one attached hydrogen (secondary N) is 1. The molecule has 27 heavy (non-hydrogen) atoms. The predicted molar refractivity (Wildman–Crippen MR) is 104 cm³/mol. The van der Waals surface area contributed by atoms with Gasteiger partial charge in [-0.1, -0.05) is 38.1 Å². The Kier molecular flexibility index (Phi) is 4.38. The molecule has 1 N–H and O–H groups in total. The van der Waals surface area contributed by atoms with Crippen LogP contribution in [-0.4, -0.2) is 21.1 Å². The number of para-hydroxylation sites is 1. The minimum Gasteiger partial charge on any atom is -0.423 e. The Morgan fingerprint density at radius 2 is 1.93 bits per heavy atom. The average Bonchev–Trinajstić information content (AvgIpc) is 3.22. The van der Waals surface area contributed by atoms with Crippen molar-refractivity contribution in [1.29, 1.82) is 0 Å². The molecule has 2 aromatic carbocycles. The fourth-order valence-electron chi connectivity index (χ4n) is 2.91. The third kappa shape index (κ3) is 3.42. The van der Waals surface area contributed by atoms with Crippen molar-refractivity contribution in [1.82, 2.24) is 15.2 Å². The van der Waals surface area contributed by atoms with Crippen molar-refractivity contribution >= 4 is 22.5 Å². The van der Waals surface area contributed by atoms with E-state index >= 15 is 0 Å². The highest BCUT2D eigenvalue weighted by molar-refractivity contribution is 6.12. The molecular formula is C21H18N4O2. The Labute approximate surface area is 156 Å². The van der Waals surface area contributed by atoms with Gasteiger partial charge in [0, 0.05) is 22.3 Å². The third-order valence-corrected chi connectivity index (χ3v) is 4.30. The number of aromatic nitrogens is 3. The number of fused-ring (bicyclic) bond motifs is 1. The van der Waals surface area contributed by atoms with E-state index in [9.17, 15) is 4.79 Å². The van der Waals surface area contributed by atoms with E-state index in [4.69, 9.17) is 4.42 Å². The minimum absolute atomic E-state index is 0.182. The number of anilines is 1. The number of benzene rings is 2. The summed E-state index contributed by atoms with van der Waals surface area (Å²) in [4.78, 5) is 17.7. The Hall–Kier alpha value is -3.54. The molecule has 2 aromatic heterocycles. The molecule has 0 aliphatic rings. The van der Waals surface area contributed by atoms with Gasteiger partial charge in [-0.3, -0.25) is 9.78 Å². The van der Waals surface area contributed by atoms with Gasteiger partial charge < -0.3 is 9.73 Å². The highest BCUT2D eigenvalue weighted by Gasteiger charge is 2.15. The van der Waals surface area contributed by atoms with Crippen LogP contribution in [0.1, 0.15) is 35.8 Å². The summed E-state index contributed by atoms with van der Waals surface area (Å²) in [6, 6.07) is 16.8. The van der Waals surface area contributed by atoms with Crippen molar-refractivity contribution in [2.75, 3.05) is 5.32 Å². The Morgan fingerprint density at radius 1 is 1.07 bits per heavy atom. The number of pyridine rings is 1. The van der Waals surface area contributed by atoms with E-state index < -0.39 is 0 Å². The molecule has 0 spiro atoms. The number of carbonyl (C=O) groups is 1. The van der Waals surface area contributed by atoms with Gasteiger partial charge in [0.05, 0.1) is 11.1 Å². The van der Waals surface area contributed by atoms with Crippen LogP contribution in [0.5, 0.6) is 0 Å². The number of rotatable bonds is 4. The molecule has 0 bridgehead atoms. The molecule has 134 valence electrons. The van der Waals surface area contributed by atoms with E-state index in [1.807, 2.05) is 48.5 Å². The smallest absolute Gasteiger partial charge is 0.256 e. The summed E-state index contributed by atoms with van der Waals surface area (Å²) in [5.41, 5.74) is 3.70. The summed E-state index contributed by atoms with van der Waals surface area (Å²) >= 11 is 0. The molecule has 0 aliphatic carbocycles. The van der Waals surface area contributed by atoms with Gasteiger partial charge in [0.2, 0.25) is 12.3 Å². The zero-order valence-corrected chi connectivity index (χ0v) is 15.0. The van der Waals surface area contributed by atoms with Crippen LogP contribution < -0.4 is 5.32 Å². The molecular weight excluding hydrogens is 340 g/mol. The summed E-state index contributed by atoms with van der Waals surface area (Å²) in [6.45, 7) is 4.12. The standard InChI is InChI=1S/C21H18N4O2/c1-13(2)19-11-17(16-8-3-4-9-18(16)24-19)20(26)23-15-7-5-6-14(10-15)21-25-22-12-27-21/h3-13H,1-2H3,(H,23,26). The Morgan fingerprint density at radius 3 is 2.70 bits per heavy atom. The number of hydrogen-bond acceptors (Lipinski definition) is 5. The predicted octanol–water partition coefficient (Wildman–Crippen LogP) is 4.66. The van der Waals surface area contributed by atoms with Crippen LogP contribution in [0.3, 0.4) is 0 Å². The van der Waals surface area contributed by atoms with Crippen molar-refractivity contribution < 1.29 is 9.21 Å². The van der Waals surface area contributed by atoms with Crippen LogP contribution in [0, 0.1) is 0 Å². The largest absolute Gasteiger partial charge is 0.423 e. The fourth-order valence-corrected chi connectivity index (χ4v) is 2.91. The van der Waals surface area contributed by atoms with Crippen molar-refractivity contribution in [2.45, 2.75) is 19.8 Å². The summed E-state index contributed by atoms with van der Waals surface area (Å²) in [5.74, 6) is 0.447. The number of hydrogen-bond donors (Lipinski definition) is 1. The van der Waals surface area contributed by atoms with Gasteiger partial charge in [0.25, 0.3) is 5.91 Å². The number of carbonyl (C=O) groups excluding carboxylic acids is 1. The van der Waals surface area contributed by atoms with Crippen LogP contribution in [0.4, 0.5) is 5.69 Å². The molecule has 0 aliphatic heterocycles. The van der Waals surface area contributed by atoms with E-state index in [2.05, 4.69) is 34.3 Å². The van der Waals surface area contributed by atoms with Crippen LogP contribution in [0.2, 0.25) is 0 Å². The Bertz CT molecular complexity index is 1100. The van der Waals surface area contributed by atoms with Gasteiger partial charge in [-0.25, -0.2) is 0 Å². The molecule has 0 saturated heterocycles. The zero-order valence-electron chi connectivity index (χ0n) is 15.0. The first-order chi connectivity index (χ1) is 13.1. The molecule has 1 amide bonds. The second-order valence-corrected chi connectivity index (χ2v) is 6.55. The molecule has 6 nitrogen and oxygen atoms in total. The van der Waals surface area contributed by atoms with Gasteiger partial charge in [-0.15, -0.1) is 10.2 Å². The number of amides is 1. The fraction of sp³-hybridized carbons (Fsp3) is 0.143. The lowest BCUT2D eigenvalue weighted by atomic mass is 10.0. The molecule has 6 heteroatoms. The molecule has 4 aromatic rings. The van der Waals surface area contributed by atoms with Gasteiger partial charge in [0.1, 0.15) is 0 Å². The second kappa shape index (κ2) is 6.99. The molecule has 0 saturated carbocycles. The lowest BCUT2D eigenvalue weighted by Gasteiger charge is -2.12. The molecule has 0 fully saturated rings. The molecule has 0 radical (unpaired) electrons. The molecule has 4 rings (SSSR count). The quantitative estimate of drug-likeness (QED) is 0.574. The third-order valence-electron chi connectivity index (χ3n) is 4.30. The molecule has 2 heterocycles. The van der Waals surface area contributed by atoms with E-state index in [0.29, 0.717) is 17.1 Å². The summed E-state index contributed by atoms with van der Waals surface area (Å²) in [6.07, 6.45) is 1.27. The first kappa shape index (κ1) is 16.9. The highest BCUT2D eigenvalue weighted by atomic mass is 16.4. The molecule has 0 atom stereocenters. The first-order valence-electron chi connectivity index (χ1n) is 8.69. The lowest BCUT2D eigenvalue weighted by molar-refractivity contribution is 0.102. The lowest BCUT2D eigenvalue weighted by Crippen LogP contribution is -2.13. The Balaban J connectivity index is 1.70. The maximum atomic E-state index is 13.0. The first-order valence-corrected chi connectivity index (χ1v) is 8.69. The summed E-state index contributed by atoms with van der Waals surface area (Å²) < 4.78 is 5.22. The normalized spacial score (nSPS) is 11.1. The maximum Gasteiger partial charge on any atom is 0.256 e. The van der Waals surface area contributed by atoms with Crippen molar-refractivity contribution in [3.63, 3.8) is 0 Å². The highest BCUT2D eigenvalue weighted by Crippen LogP contribution is 2.25. The van der Waals surface area contributed by atoms with Gasteiger partial charge >= 0.3 is 0 Å². The zero-order chi connectivity index (χ0) is 18.8. The van der Waals surface area contributed by atoms with Crippen molar-refractivity contribution in [3.8, 4) is 11.5 Å². The monoisotopic (exact) mass is 358 g/mol. The van der Waals surface area contributed by atoms with E-state index in [-0.39, 0.29) is 11.8 Å². The van der Waals surface area contributed by atoms with E-state index in [0.717, 1.165) is 22.2 Å². The topological polar surface area (TPSA) is 80.9 Å².